The van der Waals surface area contributed by atoms with Gasteiger partial charge in [0.25, 0.3) is 0 Å². The number of aromatic nitrogens is 2. The number of aryl methyl sites for hydroxylation is 1. The van der Waals surface area contributed by atoms with E-state index in [1.54, 1.807) is 30.8 Å². The molecule has 0 saturated carbocycles. The van der Waals surface area contributed by atoms with Gasteiger partial charge in [-0.25, -0.2) is 4.98 Å². The maximum atomic E-state index is 10.6. The van der Waals surface area contributed by atoms with Gasteiger partial charge in [0, 0.05) is 23.2 Å². The Morgan fingerprint density at radius 1 is 1.42 bits per heavy atom. The van der Waals surface area contributed by atoms with Crippen molar-refractivity contribution in [2.24, 2.45) is 0 Å². The molecule has 0 radical (unpaired) electrons. The van der Waals surface area contributed by atoms with Crippen molar-refractivity contribution in [3.05, 3.63) is 40.0 Å². The summed E-state index contributed by atoms with van der Waals surface area (Å²) in [5.74, 6) is 0.512. The molecule has 1 aliphatic carbocycles. The van der Waals surface area contributed by atoms with Gasteiger partial charge in [0.05, 0.1) is 7.11 Å². The number of rotatable bonds is 3. The van der Waals surface area contributed by atoms with Gasteiger partial charge >= 0.3 is 0 Å². The van der Waals surface area contributed by atoms with Crippen LogP contribution in [0.3, 0.4) is 0 Å². The first-order valence-corrected chi connectivity index (χ1v) is 7.28. The average Bonchev–Trinajstić information content (AvgIpc) is 2.94. The predicted molar refractivity (Wildman–Crippen MR) is 73.5 cm³/mol. The van der Waals surface area contributed by atoms with Crippen LogP contribution in [0.4, 0.5) is 0 Å². The molecule has 0 aromatic carbocycles. The molecule has 0 spiro atoms. The monoisotopic (exact) mass is 276 g/mol. The molecule has 0 bridgehead atoms. The van der Waals surface area contributed by atoms with Crippen molar-refractivity contribution in [1.82, 2.24) is 9.97 Å². The van der Waals surface area contributed by atoms with Crippen LogP contribution < -0.4 is 4.74 Å². The molecule has 0 saturated heterocycles. The van der Waals surface area contributed by atoms with E-state index < -0.39 is 6.10 Å². The Bertz CT molecular complexity index is 570. The van der Waals surface area contributed by atoms with Crippen molar-refractivity contribution in [1.29, 1.82) is 0 Å². The number of aliphatic hydroxyl groups excluding tert-OH is 1. The van der Waals surface area contributed by atoms with E-state index in [1.807, 2.05) is 0 Å². The molecule has 4 nitrogen and oxygen atoms in total. The molecule has 0 aliphatic heterocycles. The zero-order valence-electron chi connectivity index (χ0n) is 10.7. The Labute approximate surface area is 116 Å². The number of nitrogens with zero attached hydrogens (tertiary/aromatic N) is 2. The zero-order valence-corrected chi connectivity index (χ0v) is 11.6. The van der Waals surface area contributed by atoms with Crippen LogP contribution in [0.1, 0.15) is 41.0 Å². The Kier molecular flexibility index (Phi) is 3.48. The largest absolute Gasteiger partial charge is 0.480 e. The van der Waals surface area contributed by atoms with Gasteiger partial charge in [-0.15, -0.1) is 11.3 Å². The second-order valence-corrected chi connectivity index (χ2v) is 5.69. The van der Waals surface area contributed by atoms with Gasteiger partial charge in [-0.3, -0.25) is 4.98 Å². The first-order valence-electron chi connectivity index (χ1n) is 6.40. The lowest BCUT2D eigenvalue weighted by molar-refractivity contribution is 0.127. The van der Waals surface area contributed by atoms with Gasteiger partial charge in [-0.05, 0) is 36.3 Å². The topological polar surface area (TPSA) is 55.2 Å². The third-order valence-corrected chi connectivity index (χ3v) is 4.64. The fraction of sp³-hybridized carbons (Fsp3) is 0.429. The molecule has 100 valence electrons. The van der Waals surface area contributed by atoms with E-state index in [4.69, 9.17) is 4.74 Å². The van der Waals surface area contributed by atoms with Crippen molar-refractivity contribution >= 4 is 11.3 Å². The van der Waals surface area contributed by atoms with Gasteiger partial charge in [0.1, 0.15) is 11.8 Å². The van der Waals surface area contributed by atoms with Crippen molar-refractivity contribution < 1.29 is 9.84 Å². The minimum absolute atomic E-state index is 0.0978. The molecular formula is C14H16N2O2S. The summed E-state index contributed by atoms with van der Waals surface area (Å²) in [6, 6.07) is 2.12. The van der Waals surface area contributed by atoms with Crippen molar-refractivity contribution in [2.45, 2.75) is 31.3 Å². The van der Waals surface area contributed by atoms with E-state index in [0.717, 1.165) is 19.3 Å². The van der Waals surface area contributed by atoms with Crippen LogP contribution in [0.2, 0.25) is 0 Å². The first-order chi connectivity index (χ1) is 9.31. The Balaban J connectivity index is 1.95. The van der Waals surface area contributed by atoms with Crippen LogP contribution >= 0.6 is 11.3 Å². The molecule has 2 aromatic heterocycles. The molecule has 2 unspecified atom stereocenters. The van der Waals surface area contributed by atoms with E-state index >= 15 is 0 Å². The molecule has 2 aromatic rings. The van der Waals surface area contributed by atoms with Crippen LogP contribution in [-0.2, 0) is 6.42 Å². The lowest BCUT2D eigenvalue weighted by Gasteiger charge is -2.27. The highest BCUT2D eigenvalue weighted by Gasteiger charge is 2.31. The lowest BCUT2D eigenvalue weighted by atomic mass is 9.83. The third-order valence-electron chi connectivity index (χ3n) is 3.64. The van der Waals surface area contributed by atoms with Crippen molar-refractivity contribution in [3.8, 4) is 5.88 Å². The van der Waals surface area contributed by atoms with E-state index in [-0.39, 0.29) is 5.92 Å². The smallest absolute Gasteiger partial charge is 0.238 e. The molecule has 3 rings (SSSR count). The normalized spacial score (nSPS) is 19.8. The van der Waals surface area contributed by atoms with Crippen LogP contribution in [0.25, 0.3) is 0 Å². The van der Waals surface area contributed by atoms with Crippen LogP contribution in [0, 0.1) is 0 Å². The second kappa shape index (κ2) is 5.27. The molecule has 2 atom stereocenters. The number of aliphatic hydroxyl groups is 1. The maximum absolute atomic E-state index is 10.6. The van der Waals surface area contributed by atoms with Gasteiger partial charge in [-0.1, -0.05) is 0 Å². The lowest BCUT2D eigenvalue weighted by Crippen LogP contribution is -2.17. The van der Waals surface area contributed by atoms with Gasteiger partial charge in [0.15, 0.2) is 0 Å². The maximum Gasteiger partial charge on any atom is 0.238 e. The van der Waals surface area contributed by atoms with E-state index in [2.05, 4.69) is 21.4 Å². The first kappa shape index (κ1) is 12.6. The molecule has 0 amide bonds. The van der Waals surface area contributed by atoms with Crippen molar-refractivity contribution in [2.75, 3.05) is 7.11 Å². The van der Waals surface area contributed by atoms with E-state index in [1.165, 1.54) is 10.4 Å². The third kappa shape index (κ3) is 2.24. The number of methoxy groups -OCH3 is 1. The highest BCUT2D eigenvalue weighted by molar-refractivity contribution is 7.10. The van der Waals surface area contributed by atoms with Gasteiger partial charge in [-0.2, -0.15) is 0 Å². The number of ether oxygens (including phenoxy) is 1. The fourth-order valence-electron chi connectivity index (χ4n) is 2.74. The highest BCUT2D eigenvalue weighted by atomic mass is 32.1. The number of fused-ring (bicyclic) bond motifs is 1. The summed E-state index contributed by atoms with van der Waals surface area (Å²) in [6.45, 7) is 0. The summed E-state index contributed by atoms with van der Waals surface area (Å²) in [7, 11) is 1.55. The van der Waals surface area contributed by atoms with E-state index in [0.29, 0.717) is 11.6 Å². The highest BCUT2D eigenvalue weighted by Crippen LogP contribution is 2.43. The van der Waals surface area contributed by atoms with Gasteiger partial charge in [0.2, 0.25) is 5.88 Å². The summed E-state index contributed by atoms with van der Waals surface area (Å²) in [4.78, 5) is 9.75. The summed E-state index contributed by atoms with van der Waals surface area (Å²) < 4.78 is 5.20. The SMILES string of the molecule is COc1nccnc1C(O)C1CCCc2sccc21. The zero-order chi connectivity index (χ0) is 13.2. The quantitative estimate of drug-likeness (QED) is 0.936. The predicted octanol–water partition coefficient (Wildman–Crippen LogP) is 2.70. The van der Waals surface area contributed by atoms with Gasteiger partial charge < -0.3 is 9.84 Å². The minimum atomic E-state index is -0.655. The molecule has 2 heterocycles. The minimum Gasteiger partial charge on any atom is -0.480 e. The standard InChI is InChI=1S/C14H16N2O2S/c1-18-14-12(15-6-7-16-14)13(17)10-3-2-4-11-9(10)5-8-19-11/h5-8,10,13,17H,2-4H2,1H3. The molecular weight excluding hydrogens is 260 g/mol. The second-order valence-electron chi connectivity index (χ2n) is 4.69. The Morgan fingerprint density at radius 3 is 3.11 bits per heavy atom. The average molecular weight is 276 g/mol. The van der Waals surface area contributed by atoms with Crippen LogP contribution in [0.5, 0.6) is 5.88 Å². The molecule has 0 fully saturated rings. The fourth-order valence-corrected chi connectivity index (χ4v) is 3.73. The Hall–Kier alpha value is -1.46. The van der Waals surface area contributed by atoms with E-state index in [9.17, 15) is 5.11 Å². The summed E-state index contributed by atoms with van der Waals surface area (Å²) in [6.07, 6.45) is 5.72. The molecule has 1 aliphatic rings. The van der Waals surface area contributed by atoms with Crippen molar-refractivity contribution in [3.63, 3.8) is 0 Å². The van der Waals surface area contributed by atoms with Crippen LogP contribution in [-0.4, -0.2) is 22.2 Å². The molecule has 19 heavy (non-hydrogen) atoms. The number of thiophene rings is 1. The molecule has 1 N–H and O–H groups in total. The van der Waals surface area contributed by atoms with Crippen LogP contribution in [0.15, 0.2) is 23.8 Å². The molecule has 5 heteroatoms. The summed E-state index contributed by atoms with van der Waals surface area (Å²) >= 11 is 1.77. The number of hydrogen-bond acceptors (Lipinski definition) is 5. The number of hydrogen-bond donors (Lipinski definition) is 1. The summed E-state index contributed by atoms with van der Waals surface area (Å²) in [5.41, 5.74) is 1.80. The summed E-state index contributed by atoms with van der Waals surface area (Å²) in [5, 5.41) is 12.7. The Morgan fingerprint density at radius 2 is 2.26 bits per heavy atom.